The largest absolute Gasteiger partial charge is 0.386 e. The van der Waals surface area contributed by atoms with Crippen LogP contribution in [0.4, 0.5) is 0 Å². The summed E-state index contributed by atoms with van der Waals surface area (Å²) >= 11 is 0. The molecule has 2 aromatic rings. The van der Waals surface area contributed by atoms with Crippen molar-refractivity contribution < 1.29 is 10.2 Å². The molecule has 1 aromatic carbocycles. The number of rotatable bonds is 0. The van der Waals surface area contributed by atoms with Crippen molar-refractivity contribution in [2.75, 3.05) is 0 Å². The van der Waals surface area contributed by atoms with Crippen molar-refractivity contribution in [1.82, 2.24) is 4.98 Å². The fraction of sp³-hybridized carbons (Fsp3) is 0.154. The Morgan fingerprint density at radius 1 is 1.12 bits per heavy atom. The summed E-state index contributed by atoms with van der Waals surface area (Å²) in [6.45, 7) is 0. The Balaban J connectivity index is 2.34. The average Bonchev–Trinajstić information content (AvgIpc) is 2.33. The highest BCUT2D eigenvalue weighted by molar-refractivity contribution is 5.90. The molecule has 1 heterocycles. The molecule has 1 aliphatic rings. The molecule has 1 aromatic heterocycles. The van der Waals surface area contributed by atoms with E-state index in [2.05, 4.69) is 4.98 Å². The van der Waals surface area contributed by atoms with E-state index in [1.165, 1.54) is 0 Å². The van der Waals surface area contributed by atoms with Crippen LogP contribution in [0.2, 0.25) is 0 Å². The lowest BCUT2D eigenvalue weighted by Crippen LogP contribution is -2.19. The number of hydrogen-bond donors (Lipinski definition) is 2. The lowest BCUT2D eigenvalue weighted by Gasteiger charge is -2.22. The number of aromatic nitrogens is 1. The average molecular weight is 213 g/mol. The molecule has 16 heavy (non-hydrogen) atoms. The Hall–Kier alpha value is -1.71. The third kappa shape index (κ3) is 1.26. The number of aliphatic hydroxyl groups excluding tert-OH is 2. The summed E-state index contributed by atoms with van der Waals surface area (Å²) in [5.74, 6) is 0. The van der Waals surface area contributed by atoms with Gasteiger partial charge in [-0.2, -0.15) is 0 Å². The summed E-state index contributed by atoms with van der Waals surface area (Å²) in [4.78, 5) is 4.26. The van der Waals surface area contributed by atoms with E-state index >= 15 is 0 Å². The highest BCUT2D eigenvalue weighted by Crippen LogP contribution is 2.32. The molecule has 0 unspecified atom stereocenters. The molecule has 3 rings (SSSR count). The third-order valence-corrected chi connectivity index (χ3v) is 2.96. The van der Waals surface area contributed by atoms with Gasteiger partial charge in [0.15, 0.2) is 0 Å². The second kappa shape index (κ2) is 3.40. The maximum Gasteiger partial charge on any atom is 0.109 e. The molecule has 1 aliphatic carbocycles. The number of aliphatic hydroxyl groups is 2. The van der Waals surface area contributed by atoms with Gasteiger partial charge in [-0.15, -0.1) is 0 Å². The number of fused-ring (bicyclic) bond motifs is 3. The maximum atomic E-state index is 9.87. The minimum Gasteiger partial charge on any atom is -0.386 e. The predicted octanol–water partition coefficient (Wildman–Crippen LogP) is 1.66. The van der Waals surface area contributed by atoms with Crippen LogP contribution in [0.1, 0.15) is 17.2 Å². The molecule has 0 saturated heterocycles. The fourth-order valence-electron chi connectivity index (χ4n) is 2.12. The third-order valence-electron chi connectivity index (χ3n) is 2.96. The van der Waals surface area contributed by atoms with Crippen molar-refractivity contribution in [1.29, 1.82) is 0 Å². The summed E-state index contributed by atoms with van der Waals surface area (Å²) in [5, 5.41) is 20.4. The van der Waals surface area contributed by atoms with Crippen molar-refractivity contribution in [3.63, 3.8) is 0 Å². The van der Waals surface area contributed by atoms with Gasteiger partial charge in [0.1, 0.15) is 12.2 Å². The SMILES string of the molecule is O[C@H]1C=Cc2c(ccc3ncccc23)[C@@H]1O. The minimum atomic E-state index is -0.843. The Labute approximate surface area is 92.7 Å². The van der Waals surface area contributed by atoms with Crippen molar-refractivity contribution >= 4 is 17.0 Å². The quantitative estimate of drug-likeness (QED) is 0.699. The van der Waals surface area contributed by atoms with Gasteiger partial charge in [-0.3, -0.25) is 4.98 Å². The fourth-order valence-corrected chi connectivity index (χ4v) is 2.12. The lowest BCUT2D eigenvalue weighted by molar-refractivity contribution is 0.0471. The molecule has 2 N–H and O–H groups in total. The monoisotopic (exact) mass is 213 g/mol. The molecule has 3 heteroatoms. The number of pyridine rings is 1. The smallest absolute Gasteiger partial charge is 0.109 e. The van der Waals surface area contributed by atoms with Crippen LogP contribution in [0.15, 0.2) is 36.5 Å². The van der Waals surface area contributed by atoms with Crippen molar-refractivity contribution in [3.05, 3.63) is 47.7 Å². The molecule has 3 nitrogen and oxygen atoms in total. The van der Waals surface area contributed by atoms with Crippen LogP contribution >= 0.6 is 0 Å². The normalized spacial score (nSPS) is 23.4. The first-order chi connectivity index (χ1) is 7.77. The minimum absolute atomic E-state index is 0.760. The van der Waals surface area contributed by atoms with Crippen LogP contribution in [0.3, 0.4) is 0 Å². The molecule has 0 spiro atoms. The van der Waals surface area contributed by atoms with Crippen LogP contribution in [0.25, 0.3) is 17.0 Å². The van der Waals surface area contributed by atoms with Crippen molar-refractivity contribution in [3.8, 4) is 0 Å². The van der Waals surface area contributed by atoms with Gasteiger partial charge in [0.2, 0.25) is 0 Å². The van der Waals surface area contributed by atoms with Crippen molar-refractivity contribution in [2.24, 2.45) is 0 Å². The van der Waals surface area contributed by atoms with E-state index in [0.29, 0.717) is 0 Å². The van der Waals surface area contributed by atoms with Crippen LogP contribution in [0, 0.1) is 0 Å². The maximum absolute atomic E-state index is 9.87. The summed E-state index contributed by atoms with van der Waals surface area (Å²) < 4.78 is 0. The predicted molar refractivity (Wildman–Crippen MR) is 61.7 cm³/mol. The Morgan fingerprint density at radius 3 is 2.88 bits per heavy atom. The molecule has 80 valence electrons. The number of nitrogens with zero attached hydrogens (tertiary/aromatic N) is 1. The van der Waals surface area contributed by atoms with Crippen molar-refractivity contribution in [2.45, 2.75) is 12.2 Å². The summed E-state index contributed by atoms with van der Waals surface area (Å²) in [6, 6.07) is 7.52. The molecule has 0 radical (unpaired) electrons. The van der Waals surface area contributed by atoms with Gasteiger partial charge >= 0.3 is 0 Å². The molecule has 0 amide bonds. The highest BCUT2D eigenvalue weighted by Gasteiger charge is 2.23. The van der Waals surface area contributed by atoms with Crippen LogP contribution in [-0.4, -0.2) is 21.3 Å². The van der Waals surface area contributed by atoms with Gasteiger partial charge in [-0.05, 0) is 23.3 Å². The standard InChI is InChI=1S/C13H11NO2/c15-12-6-4-8-9-2-1-7-14-11(9)5-3-10(8)13(12)16/h1-7,12-13,15-16H/t12-,13-/m0/s1. The van der Waals surface area contributed by atoms with Crippen LogP contribution < -0.4 is 0 Å². The molecular weight excluding hydrogens is 202 g/mol. The zero-order valence-electron chi connectivity index (χ0n) is 8.54. The van der Waals surface area contributed by atoms with E-state index < -0.39 is 12.2 Å². The second-order valence-electron chi connectivity index (χ2n) is 3.93. The molecule has 0 aliphatic heterocycles. The Kier molecular flexibility index (Phi) is 2.02. The van der Waals surface area contributed by atoms with Gasteiger partial charge in [0, 0.05) is 11.6 Å². The van der Waals surface area contributed by atoms with E-state index in [0.717, 1.165) is 22.0 Å². The molecule has 0 bridgehead atoms. The topological polar surface area (TPSA) is 53.4 Å². The molecule has 2 atom stereocenters. The van der Waals surface area contributed by atoms with Gasteiger partial charge < -0.3 is 10.2 Å². The molecule has 0 saturated carbocycles. The first kappa shape index (κ1) is 9.51. The van der Waals surface area contributed by atoms with E-state index in [4.69, 9.17) is 0 Å². The Morgan fingerprint density at radius 2 is 2.00 bits per heavy atom. The first-order valence-electron chi connectivity index (χ1n) is 5.19. The summed E-state index contributed by atoms with van der Waals surface area (Å²) in [6.07, 6.45) is 3.54. The van der Waals surface area contributed by atoms with E-state index in [9.17, 15) is 10.2 Å². The van der Waals surface area contributed by atoms with E-state index in [1.54, 1.807) is 12.3 Å². The lowest BCUT2D eigenvalue weighted by atomic mass is 9.90. The summed E-state index contributed by atoms with van der Waals surface area (Å²) in [5.41, 5.74) is 2.60. The van der Waals surface area contributed by atoms with Gasteiger partial charge in [-0.1, -0.05) is 24.3 Å². The second-order valence-corrected chi connectivity index (χ2v) is 3.93. The zero-order valence-corrected chi connectivity index (χ0v) is 8.54. The van der Waals surface area contributed by atoms with E-state index in [-0.39, 0.29) is 0 Å². The molecular formula is C13H11NO2. The zero-order chi connectivity index (χ0) is 11.1. The van der Waals surface area contributed by atoms with E-state index in [1.807, 2.05) is 30.3 Å². The number of benzene rings is 1. The van der Waals surface area contributed by atoms with Gasteiger partial charge in [0.25, 0.3) is 0 Å². The first-order valence-corrected chi connectivity index (χ1v) is 5.19. The summed E-state index contributed by atoms with van der Waals surface area (Å²) in [7, 11) is 0. The van der Waals surface area contributed by atoms with Gasteiger partial charge in [-0.25, -0.2) is 0 Å². The molecule has 0 fully saturated rings. The number of hydrogen-bond acceptors (Lipinski definition) is 3. The van der Waals surface area contributed by atoms with Gasteiger partial charge in [0.05, 0.1) is 5.52 Å². The van der Waals surface area contributed by atoms with Crippen LogP contribution in [0.5, 0.6) is 0 Å². The van der Waals surface area contributed by atoms with Crippen LogP contribution in [-0.2, 0) is 0 Å². The highest BCUT2D eigenvalue weighted by atomic mass is 16.3. The Bertz CT molecular complexity index is 577.